The van der Waals surface area contributed by atoms with Gasteiger partial charge in [0.2, 0.25) is 5.91 Å². The van der Waals surface area contributed by atoms with Crippen LogP contribution in [-0.4, -0.2) is 41.5 Å². The fourth-order valence-electron chi connectivity index (χ4n) is 2.17. The van der Waals surface area contributed by atoms with E-state index in [1.165, 1.54) is 0 Å². The molecule has 2 rings (SSSR count). The summed E-state index contributed by atoms with van der Waals surface area (Å²) in [4.78, 5) is 23.8. The summed E-state index contributed by atoms with van der Waals surface area (Å²) < 4.78 is 0. The lowest BCUT2D eigenvalue weighted by Crippen LogP contribution is -2.40. The first kappa shape index (κ1) is 13.5. The van der Waals surface area contributed by atoms with Crippen LogP contribution >= 0.6 is 0 Å². The quantitative estimate of drug-likeness (QED) is 0.696. The van der Waals surface area contributed by atoms with Crippen molar-refractivity contribution in [1.82, 2.24) is 4.90 Å². The van der Waals surface area contributed by atoms with Crippen molar-refractivity contribution < 1.29 is 14.7 Å². The predicted molar refractivity (Wildman–Crippen MR) is 70.7 cm³/mol. The fourth-order valence-corrected chi connectivity index (χ4v) is 2.17. The second-order valence-corrected chi connectivity index (χ2v) is 4.86. The van der Waals surface area contributed by atoms with Gasteiger partial charge in [-0.25, -0.2) is 0 Å². The minimum Gasteiger partial charge on any atom is -0.480 e. The highest BCUT2D eigenvalue weighted by Crippen LogP contribution is 2.24. The number of hydrogen-bond acceptors (Lipinski definition) is 4. The van der Waals surface area contributed by atoms with E-state index in [-0.39, 0.29) is 12.5 Å². The summed E-state index contributed by atoms with van der Waals surface area (Å²) in [5.41, 5.74) is 8.37. The molecule has 1 aliphatic rings. The summed E-state index contributed by atoms with van der Waals surface area (Å²) in [5.74, 6) is -0.996. The van der Waals surface area contributed by atoms with Crippen LogP contribution < -0.4 is 11.1 Å². The maximum absolute atomic E-state index is 11.3. The number of benzene rings is 1. The number of nitrogens with one attached hydrogen (secondary N) is 1. The second-order valence-electron chi connectivity index (χ2n) is 4.86. The van der Waals surface area contributed by atoms with Gasteiger partial charge in [0.1, 0.15) is 6.04 Å². The third-order valence-corrected chi connectivity index (χ3v) is 3.07. The number of nitrogens with zero attached hydrogens (tertiary/aromatic N) is 1. The smallest absolute Gasteiger partial charge is 0.321 e. The van der Waals surface area contributed by atoms with Crippen molar-refractivity contribution in [2.24, 2.45) is 5.73 Å². The van der Waals surface area contributed by atoms with Gasteiger partial charge in [0.25, 0.3) is 0 Å². The molecule has 0 radical (unpaired) electrons. The van der Waals surface area contributed by atoms with Crippen molar-refractivity contribution in [3.63, 3.8) is 0 Å². The number of aliphatic carboxylic acids is 1. The van der Waals surface area contributed by atoms with Gasteiger partial charge in [0, 0.05) is 18.8 Å². The number of carbonyl (C=O) groups excluding carboxylic acids is 1. The van der Waals surface area contributed by atoms with Gasteiger partial charge in [-0.2, -0.15) is 0 Å². The number of carbonyl (C=O) groups is 2. The Morgan fingerprint density at radius 3 is 3.00 bits per heavy atom. The minimum absolute atomic E-state index is 0.00778. The van der Waals surface area contributed by atoms with E-state index in [4.69, 9.17) is 10.8 Å². The lowest BCUT2D eigenvalue weighted by atomic mass is 10.1. The zero-order chi connectivity index (χ0) is 14.0. The Bertz CT molecular complexity index is 516. The van der Waals surface area contributed by atoms with Gasteiger partial charge in [-0.15, -0.1) is 0 Å². The standard InChI is InChI=1S/C13H17N3O3/c1-16(7-10(14)13(18)19)6-8-2-3-11-9(4-8)5-12(17)15-11/h2-4,10H,5-7,14H2,1H3,(H,15,17)(H,18,19). The molecule has 6 nitrogen and oxygen atoms in total. The van der Waals surface area contributed by atoms with Gasteiger partial charge < -0.3 is 16.2 Å². The number of carboxylic acid groups (broad SMARTS) is 1. The van der Waals surface area contributed by atoms with E-state index in [0.29, 0.717) is 13.0 Å². The maximum atomic E-state index is 11.3. The minimum atomic E-state index is -1.00. The lowest BCUT2D eigenvalue weighted by Gasteiger charge is -2.19. The van der Waals surface area contributed by atoms with Crippen LogP contribution in [0.15, 0.2) is 18.2 Å². The number of fused-ring (bicyclic) bond motifs is 1. The normalized spacial score (nSPS) is 15.2. The second kappa shape index (κ2) is 5.38. The molecule has 0 aliphatic carbocycles. The average molecular weight is 263 g/mol. The van der Waals surface area contributed by atoms with E-state index in [0.717, 1.165) is 16.8 Å². The van der Waals surface area contributed by atoms with Crippen LogP contribution in [0.1, 0.15) is 11.1 Å². The molecule has 0 aromatic heterocycles. The van der Waals surface area contributed by atoms with Crippen LogP contribution in [0.2, 0.25) is 0 Å². The molecule has 19 heavy (non-hydrogen) atoms. The number of hydrogen-bond donors (Lipinski definition) is 3. The van der Waals surface area contributed by atoms with E-state index < -0.39 is 12.0 Å². The third-order valence-electron chi connectivity index (χ3n) is 3.07. The van der Waals surface area contributed by atoms with Crippen LogP contribution in [-0.2, 0) is 22.6 Å². The van der Waals surface area contributed by atoms with Crippen LogP contribution in [0.25, 0.3) is 0 Å². The molecule has 0 bridgehead atoms. The van der Waals surface area contributed by atoms with E-state index in [2.05, 4.69) is 5.32 Å². The SMILES string of the molecule is CN(Cc1ccc2c(c1)CC(=O)N2)CC(N)C(=O)O. The first-order valence-electron chi connectivity index (χ1n) is 6.04. The molecule has 1 aliphatic heterocycles. The van der Waals surface area contributed by atoms with Crippen molar-refractivity contribution in [2.75, 3.05) is 18.9 Å². The highest BCUT2D eigenvalue weighted by Gasteiger charge is 2.18. The van der Waals surface area contributed by atoms with Gasteiger partial charge in [0.05, 0.1) is 6.42 Å². The highest BCUT2D eigenvalue weighted by molar-refractivity contribution is 5.99. The molecule has 6 heteroatoms. The number of rotatable bonds is 5. The molecule has 102 valence electrons. The molecule has 4 N–H and O–H groups in total. The summed E-state index contributed by atoms with van der Waals surface area (Å²) in [6, 6.07) is 4.88. The van der Waals surface area contributed by atoms with E-state index >= 15 is 0 Å². The predicted octanol–water partition coefficient (Wildman–Crippen LogP) is 0.0249. The molecule has 0 saturated carbocycles. The zero-order valence-electron chi connectivity index (χ0n) is 10.7. The first-order valence-corrected chi connectivity index (χ1v) is 6.04. The van der Waals surface area contributed by atoms with Gasteiger partial charge in [-0.3, -0.25) is 14.5 Å². The molecule has 1 unspecified atom stereocenters. The number of amides is 1. The summed E-state index contributed by atoms with van der Waals surface area (Å²) in [7, 11) is 1.82. The van der Waals surface area contributed by atoms with Gasteiger partial charge in [0.15, 0.2) is 0 Å². The van der Waals surface area contributed by atoms with E-state index in [1.807, 2.05) is 30.1 Å². The Morgan fingerprint density at radius 2 is 2.32 bits per heavy atom. The summed E-state index contributed by atoms with van der Waals surface area (Å²) >= 11 is 0. The highest BCUT2D eigenvalue weighted by atomic mass is 16.4. The van der Waals surface area contributed by atoms with Crippen molar-refractivity contribution in [1.29, 1.82) is 0 Å². The molecule has 1 atom stereocenters. The van der Waals surface area contributed by atoms with Crippen LogP contribution in [0, 0.1) is 0 Å². The van der Waals surface area contributed by atoms with Crippen LogP contribution in [0.4, 0.5) is 5.69 Å². The Hall–Kier alpha value is -1.92. The molecular formula is C13H17N3O3. The molecule has 1 amide bonds. The van der Waals surface area contributed by atoms with Crippen molar-refractivity contribution in [2.45, 2.75) is 19.0 Å². The van der Waals surface area contributed by atoms with Crippen LogP contribution in [0.3, 0.4) is 0 Å². The zero-order valence-corrected chi connectivity index (χ0v) is 10.7. The summed E-state index contributed by atoms with van der Waals surface area (Å²) in [6.45, 7) is 0.881. The molecule has 0 fully saturated rings. The van der Waals surface area contributed by atoms with E-state index in [1.54, 1.807) is 0 Å². The van der Waals surface area contributed by atoms with Crippen molar-refractivity contribution in [3.05, 3.63) is 29.3 Å². The molecular weight excluding hydrogens is 246 g/mol. The number of nitrogens with two attached hydrogens (primary N) is 1. The molecule has 1 heterocycles. The third kappa shape index (κ3) is 3.30. The van der Waals surface area contributed by atoms with Crippen LogP contribution in [0.5, 0.6) is 0 Å². The van der Waals surface area contributed by atoms with Crippen molar-refractivity contribution in [3.8, 4) is 0 Å². The lowest BCUT2D eigenvalue weighted by molar-refractivity contribution is -0.139. The van der Waals surface area contributed by atoms with Gasteiger partial charge in [-0.05, 0) is 24.2 Å². The summed E-state index contributed by atoms with van der Waals surface area (Å²) in [5, 5.41) is 11.5. The number of carboxylic acids is 1. The monoisotopic (exact) mass is 263 g/mol. The molecule has 1 aromatic rings. The Labute approximate surface area is 111 Å². The Balaban J connectivity index is 1.98. The van der Waals surface area contributed by atoms with Gasteiger partial charge >= 0.3 is 5.97 Å². The van der Waals surface area contributed by atoms with Gasteiger partial charge in [-0.1, -0.05) is 12.1 Å². The summed E-state index contributed by atoms with van der Waals surface area (Å²) in [6.07, 6.45) is 0.404. The largest absolute Gasteiger partial charge is 0.480 e. The fraction of sp³-hybridized carbons (Fsp3) is 0.385. The molecule has 0 saturated heterocycles. The Kier molecular flexibility index (Phi) is 3.82. The van der Waals surface area contributed by atoms with Crippen molar-refractivity contribution >= 4 is 17.6 Å². The first-order chi connectivity index (χ1) is 8.95. The topological polar surface area (TPSA) is 95.7 Å². The number of likely N-dealkylation sites (N-methyl/N-ethyl adjacent to an activating group) is 1. The Morgan fingerprint density at radius 1 is 1.58 bits per heavy atom. The molecule has 0 spiro atoms. The maximum Gasteiger partial charge on any atom is 0.321 e. The number of anilines is 1. The molecule has 1 aromatic carbocycles. The van der Waals surface area contributed by atoms with E-state index in [9.17, 15) is 9.59 Å². The average Bonchev–Trinajstić information content (AvgIpc) is 2.68.